The molecule has 5 nitrogen and oxygen atoms in total. The number of piperazine rings is 1. The van der Waals surface area contributed by atoms with Crippen LogP contribution in [0.2, 0.25) is 0 Å². The Kier molecular flexibility index (Phi) is 3.26. The smallest absolute Gasteiger partial charge is 0.225 e. The Labute approximate surface area is 128 Å². The van der Waals surface area contributed by atoms with Crippen molar-refractivity contribution in [2.75, 3.05) is 18.0 Å². The van der Waals surface area contributed by atoms with E-state index in [0.29, 0.717) is 12.1 Å². The van der Waals surface area contributed by atoms with Crippen LogP contribution in [0.1, 0.15) is 17.7 Å². The van der Waals surface area contributed by atoms with Gasteiger partial charge < -0.3 is 4.90 Å². The van der Waals surface area contributed by atoms with Crippen LogP contribution in [0.4, 0.5) is 10.3 Å². The molecule has 3 aliphatic heterocycles. The molecule has 0 N–H and O–H groups in total. The number of piperidine rings is 1. The number of rotatable bonds is 3. The monoisotopic (exact) mass is 299 g/mol. The fourth-order valence-corrected chi connectivity index (χ4v) is 3.45. The van der Waals surface area contributed by atoms with Crippen molar-refractivity contribution < 1.29 is 4.39 Å². The maximum absolute atomic E-state index is 13.2. The molecule has 3 fully saturated rings. The first-order chi connectivity index (χ1) is 10.7. The topological polar surface area (TPSA) is 45.2 Å². The molecule has 2 bridgehead atoms. The van der Waals surface area contributed by atoms with E-state index in [2.05, 4.69) is 24.8 Å². The lowest BCUT2D eigenvalue weighted by Crippen LogP contribution is -2.68. The van der Waals surface area contributed by atoms with E-state index in [9.17, 15) is 4.39 Å². The van der Waals surface area contributed by atoms with Crippen LogP contribution in [0.5, 0.6) is 0 Å². The minimum atomic E-state index is -0.266. The molecule has 0 saturated carbocycles. The van der Waals surface area contributed by atoms with Crippen LogP contribution in [-0.2, 0) is 6.54 Å². The molecule has 114 valence electrons. The van der Waals surface area contributed by atoms with Crippen LogP contribution in [0.3, 0.4) is 0 Å². The van der Waals surface area contributed by atoms with Gasteiger partial charge in [-0.1, -0.05) is 0 Å². The van der Waals surface area contributed by atoms with E-state index in [-0.39, 0.29) is 5.82 Å². The van der Waals surface area contributed by atoms with Crippen LogP contribution < -0.4 is 4.90 Å². The third-order valence-electron chi connectivity index (χ3n) is 4.54. The highest BCUT2D eigenvalue weighted by atomic mass is 19.1. The summed E-state index contributed by atoms with van der Waals surface area (Å²) >= 11 is 0. The van der Waals surface area contributed by atoms with Gasteiger partial charge in [-0.2, -0.15) is 0 Å². The van der Waals surface area contributed by atoms with E-state index < -0.39 is 0 Å². The van der Waals surface area contributed by atoms with E-state index in [1.54, 1.807) is 12.3 Å². The number of aromatic nitrogens is 3. The number of fused-ring (bicyclic) bond motifs is 2. The van der Waals surface area contributed by atoms with E-state index >= 15 is 0 Å². The van der Waals surface area contributed by atoms with Gasteiger partial charge in [-0.05, 0) is 31.0 Å². The van der Waals surface area contributed by atoms with Crippen LogP contribution in [0, 0.1) is 12.7 Å². The molecule has 5 rings (SSSR count). The molecule has 2 unspecified atom stereocenters. The van der Waals surface area contributed by atoms with E-state index in [4.69, 9.17) is 0 Å². The predicted octanol–water partition coefficient (Wildman–Crippen LogP) is 1.78. The molecule has 0 amide bonds. The van der Waals surface area contributed by atoms with Crippen molar-refractivity contribution in [3.63, 3.8) is 0 Å². The zero-order chi connectivity index (χ0) is 15.1. The number of halogens is 1. The number of anilines is 1. The second-order valence-corrected chi connectivity index (χ2v) is 6.13. The lowest BCUT2D eigenvalue weighted by Gasteiger charge is -2.56. The Morgan fingerprint density at radius 1 is 1.27 bits per heavy atom. The zero-order valence-corrected chi connectivity index (χ0v) is 12.5. The number of aryl methyl sites for hydroxylation is 1. The minimum absolute atomic E-state index is 0.266. The molecule has 22 heavy (non-hydrogen) atoms. The summed E-state index contributed by atoms with van der Waals surface area (Å²) in [6.07, 6.45) is 6.01. The van der Waals surface area contributed by atoms with Crippen molar-refractivity contribution in [2.45, 2.75) is 32.0 Å². The van der Waals surface area contributed by atoms with Gasteiger partial charge in [0.05, 0.1) is 6.20 Å². The molecular formula is C16H18FN5. The Hall–Kier alpha value is -2.08. The summed E-state index contributed by atoms with van der Waals surface area (Å²) in [7, 11) is 0. The van der Waals surface area contributed by atoms with Crippen molar-refractivity contribution in [1.82, 2.24) is 19.9 Å². The van der Waals surface area contributed by atoms with Gasteiger partial charge in [-0.15, -0.1) is 0 Å². The molecule has 0 aromatic carbocycles. The number of nitrogens with zero attached hydrogens (tertiary/aromatic N) is 5. The predicted molar refractivity (Wildman–Crippen MR) is 80.9 cm³/mol. The molecule has 2 aromatic heterocycles. The summed E-state index contributed by atoms with van der Waals surface area (Å²) in [4.78, 5) is 17.5. The fourth-order valence-electron chi connectivity index (χ4n) is 3.45. The average Bonchev–Trinajstić information content (AvgIpc) is 2.53. The largest absolute Gasteiger partial charge is 0.338 e. The van der Waals surface area contributed by atoms with Gasteiger partial charge in [0.1, 0.15) is 5.82 Å². The second kappa shape index (κ2) is 5.28. The molecule has 6 heteroatoms. The minimum Gasteiger partial charge on any atom is -0.338 e. The lowest BCUT2D eigenvalue weighted by molar-refractivity contribution is -0.00910. The maximum Gasteiger partial charge on any atom is 0.225 e. The van der Waals surface area contributed by atoms with Gasteiger partial charge in [-0.25, -0.2) is 14.4 Å². The first-order valence-corrected chi connectivity index (χ1v) is 7.59. The molecule has 0 spiro atoms. The summed E-state index contributed by atoms with van der Waals surface area (Å²) in [5, 5.41) is 0. The lowest BCUT2D eigenvalue weighted by atomic mass is 9.87. The summed E-state index contributed by atoms with van der Waals surface area (Å²) < 4.78 is 13.2. The van der Waals surface area contributed by atoms with Gasteiger partial charge in [0.15, 0.2) is 0 Å². The van der Waals surface area contributed by atoms with Crippen LogP contribution in [0.25, 0.3) is 0 Å². The van der Waals surface area contributed by atoms with Gasteiger partial charge in [-0.3, -0.25) is 9.88 Å². The molecule has 0 radical (unpaired) electrons. The third-order valence-corrected chi connectivity index (χ3v) is 4.54. The van der Waals surface area contributed by atoms with Gasteiger partial charge >= 0.3 is 0 Å². The first kappa shape index (κ1) is 13.6. The Balaban J connectivity index is 1.44. The van der Waals surface area contributed by atoms with Gasteiger partial charge in [0.2, 0.25) is 5.95 Å². The Bertz CT molecular complexity index is 680. The van der Waals surface area contributed by atoms with E-state index in [1.165, 1.54) is 12.6 Å². The quantitative estimate of drug-likeness (QED) is 0.864. The molecule has 3 saturated heterocycles. The summed E-state index contributed by atoms with van der Waals surface area (Å²) in [6, 6.07) is 4.47. The number of pyridine rings is 1. The average molecular weight is 299 g/mol. The fraction of sp³-hybridized carbons (Fsp3) is 0.438. The van der Waals surface area contributed by atoms with E-state index in [0.717, 1.165) is 36.8 Å². The Morgan fingerprint density at radius 2 is 2.09 bits per heavy atom. The molecule has 5 heterocycles. The highest BCUT2D eigenvalue weighted by Crippen LogP contribution is 2.34. The highest BCUT2D eigenvalue weighted by Gasteiger charge is 2.44. The highest BCUT2D eigenvalue weighted by molar-refractivity contribution is 5.34. The molecular weight excluding hydrogens is 281 g/mol. The maximum atomic E-state index is 13.2. The SMILES string of the molecule is Cc1ccnc(N2CC3CC(C2)N3Cc2cncc(F)c2)n1. The second-order valence-electron chi connectivity index (χ2n) is 6.13. The van der Waals surface area contributed by atoms with Crippen LogP contribution >= 0.6 is 0 Å². The molecule has 3 aliphatic rings. The van der Waals surface area contributed by atoms with Crippen molar-refractivity contribution >= 4 is 5.95 Å². The third kappa shape index (κ3) is 2.43. The first-order valence-electron chi connectivity index (χ1n) is 7.59. The zero-order valence-electron chi connectivity index (χ0n) is 12.5. The van der Waals surface area contributed by atoms with Crippen LogP contribution in [-0.4, -0.2) is 45.0 Å². The van der Waals surface area contributed by atoms with E-state index in [1.807, 2.05) is 19.2 Å². The van der Waals surface area contributed by atoms with Gasteiger partial charge in [0, 0.05) is 49.8 Å². The number of hydrogen-bond acceptors (Lipinski definition) is 5. The summed E-state index contributed by atoms with van der Waals surface area (Å²) in [6.45, 7) is 4.62. The Morgan fingerprint density at radius 3 is 2.82 bits per heavy atom. The van der Waals surface area contributed by atoms with Crippen LogP contribution in [0.15, 0.2) is 30.7 Å². The van der Waals surface area contributed by atoms with Crippen molar-refractivity contribution in [3.8, 4) is 0 Å². The van der Waals surface area contributed by atoms with Crippen molar-refractivity contribution in [1.29, 1.82) is 0 Å². The normalized spacial score (nSPS) is 24.2. The van der Waals surface area contributed by atoms with Crippen molar-refractivity contribution in [3.05, 3.63) is 47.8 Å². The van der Waals surface area contributed by atoms with Gasteiger partial charge in [0.25, 0.3) is 0 Å². The summed E-state index contributed by atoms with van der Waals surface area (Å²) in [5.41, 5.74) is 1.93. The van der Waals surface area contributed by atoms with Crippen molar-refractivity contribution in [2.24, 2.45) is 0 Å². The number of hydrogen-bond donors (Lipinski definition) is 0. The summed E-state index contributed by atoms with van der Waals surface area (Å²) in [5.74, 6) is 0.555. The standard InChI is InChI=1S/C16H18FN5/c1-11-2-3-19-16(20-11)21-9-14-5-15(10-21)22(14)8-12-4-13(17)7-18-6-12/h2-4,6-7,14-15H,5,8-10H2,1H3. The molecule has 2 aromatic rings. The molecule has 0 aliphatic carbocycles. The molecule has 2 atom stereocenters.